The summed E-state index contributed by atoms with van der Waals surface area (Å²) < 4.78 is 16.6. The first kappa shape index (κ1) is 26.8. The van der Waals surface area contributed by atoms with Gasteiger partial charge in [0.25, 0.3) is 5.91 Å². The zero-order valence-corrected chi connectivity index (χ0v) is 22.8. The molecule has 4 atom stereocenters. The fourth-order valence-electron chi connectivity index (χ4n) is 5.83. The Bertz CT molecular complexity index is 1200. The van der Waals surface area contributed by atoms with Gasteiger partial charge in [-0.2, -0.15) is 5.10 Å². The number of aromatic nitrogens is 2. The van der Waals surface area contributed by atoms with Gasteiger partial charge in [-0.3, -0.25) is 14.3 Å². The van der Waals surface area contributed by atoms with E-state index in [-0.39, 0.29) is 34.8 Å². The highest BCUT2D eigenvalue weighted by molar-refractivity contribution is 5.96. The Hall–Kier alpha value is -3.22. The zero-order valence-electron chi connectivity index (χ0n) is 22.8. The van der Waals surface area contributed by atoms with Gasteiger partial charge in [-0.15, -0.1) is 0 Å². The maximum Gasteiger partial charge on any atom is 0.257 e. The van der Waals surface area contributed by atoms with E-state index in [0.29, 0.717) is 31.5 Å². The highest BCUT2D eigenvalue weighted by Crippen LogP contribution is 2.39. The zero-order chi connectivity index (χ0) is 26.9. The summed E-state index contributed by atoms with van der Waals surface area (Å²) in [6.07, 6.45) is 11.1. The van der Waals surface area contributed by atoms with Crippen LogP contribution in [-0.4, -0.2) is 39.1 Å². The summed E-state index contributed by atoms with van der Waals surface area (Å²) in [7, 11) is 0. The third kappa shape index (κ3) is 5.41. The quantitative estimate of drug-likeness (QED) is 0.573. The van der Waals surface area contributed by atoms with Crippen molar-refractivity contribution in [2.45, 2.75) is 73.0 Å². The Morgan fingerprint density at radius 1 is 1.24 bits per heavy atom. The molecule has 4 rings (SSSR count). The van der Waals surface area contributed by atoms with Gasteiger partial charge in [0, 0.05) is 30.8 Å². The summed E-state index contributed by atoms with van der Waals surface area (Å²) in [5.74, 6) is -1.33. The van der Waals surface area contributed by atoms with Crippen LogP contribution < -0.4 is 5.32 Å². The summed E-state index contributed by atoms with van der Waals surface area (Å²) in [5, 5.41) is 7.70. The van der Waals surface area contributed by atoms with Gasteiger partial charge in [-0.1, -0.05) is 63.6 Å². The van der Waals surface area contributed by atoms with Gasteiger partial charge in [0.1, 0.15) is 5.82 Å². The first-order chi connectivity index (χ1) is 17.5. The number of aryl methyl sites for hydroxylation is 2. The van der Waals surface area contributed by atoms with Crippen LogP contribution in [-0.2, 0) is 11.3 Å². The van der Waals surface area contributed by atoms with Crippen molar-refractivity contribution < 1.29 is 14.0 Å². The smallest absolute Gasteiger partial charge is 0.257 e. The number of nitrogens with zero attached hydrogens (tertiary/aromatic N) is 3. The van der Waals surface area contributed by atoms with E-state index < -0.39 is 17.8 Å². The average Bonchev–Trinajstić information content (AvgIpc) is 3.33. The predicted octanol–water partition coefficient (Wildman–Crippen LogP) is 5.61. The number of amides is 2. The van der Waals surface area contributed by atoms with Crippen LogP contribution >= 0.6 is 0 Å². The van der Waals surface area contributed by atoms with Gasteiger partial charge in [-0.25, -0.2) is 4.39 Å². The van der Waals surface area contributed by atoms with Crippen LogP contribution in [0.15, 0.2) is 54.4 Å². The van der Waals surface area contributed by atoms with Crippen LogP contribution in [0.4, 0.5) is 4.39 Å². The Morgan fingerprint density at radius 2 is 2.00 bits per heavy atom. The van der Waals surface area contributed by atoms with Crippen molar-refractivity contribution in [3.63, 3.8) is 0 Å². The lowest BCUT2D eigenvalue weighted by atomic mass is 9.74. The van der Waals surface area contributed by atoms with Crippen molar-refractivity contribution in [1.82, 2.24) is 20.0 Å². The molecule has 2 aromatic rings. The molecule has 1 fully saturated rings. The van der Waals surface area contributed by atoms with Crippen LogP contribution in [0.3, 0.4) is 0 Å². The normalized spacial score (nSPS) is 24.1. The molecule has 0 bridgehead atoms. The van der Waals surface area contributed by atoms with E-state index in [0.717, 1.165) is 5.56 Å². The molecular formula is C30H39FN4O2. The van der Waals surface area contributed by atoms with Crippen LogP contribution in [0.1, 0.15) is 75.0 Å². The summed E-state index contributed by atoms with van der Waals surface area (Å²) in [6, 6.07) is 4.00. The van der Waals surface area contributed by atoms with Crippen molar-refractivity contribution in [1.29, 1.82) is 0 Å². The average molecular weight is 507 g/mol. The van der Waals surface area contributed by atoms with E-state index in [4.69, 9.17) is 0 Å². The fraction of sp³-hybridized carbons (Fsp3) is 0.500. The molecule has 1 aliphatic heterocycles. The third-order valence-corrected chi connectivity index (χ3v) is 7.78. The molecule has 1 N–H and O–H groups in total. The fourth-order valence-corrected chi connectivity index (χ4v) is 5.83. The van der Waals surface area contributed by atoms with Gasteiger partial charge in [0.15, 0.2) is 0 Å². The molecule has 198 valence electrons. The Labute approximate surface area is 219 Å². The Morgan fingerprint density at radius 3 is 2.65 bits per heavy atom. The molecule has 6 nitrogen and oxygen atoms in total. The monoisotopic (exact) mass is 506 g/mol. The van der Waals surface area contributed by atoms with E-state index in [1.54, 1.807) is 34.8 Å². The van der Waals surface area contributed by atoms with E-state index in [9.17, 15) is 14.0 Å². The van der Waals surface area contributed by atoms with Crippen molar-refractivity contribution in [3.8, 4) is 0 Å². The second kappa shape index (κ2) is 10.6. The number of hydrogen-bond donors (Lipinski definition) is 1. The number of benzene rings is 1. The molecule has 4 unspecified atom stereocenters. The summed E-state index contributed by atoms with van der Waals surface area (Å²) in [6.45, 7) is 13.6. The molecule has 7 heteroatoms. The molecule has 0 spiro atoms. The Balaban J connectivity index is 1.66. The summed E-state index contributed by atoms with van der Waals surface area (Å²) in [4.78, 5) is 29.3. The highest BCUT2D eigenvalue weighted by Gasteiger charge is 2.42. The molecule has 2 amide bonds. The largest absolute Gasteiger partial charge is 0.349 e. The lowest BCUT2D eigenvalue weighted by Crippen LogP contribution is -2.51. The number of nitrogens with one attached hydrogen (secondary N) is 1. The third-order valence-electron chi connectivity index (χ3n) is 7.78. The molecule has 1 aliphatic carbocycles. The molecule has 1 aromatic heterocycles. The van der Waals surface area contributed by atoms with Gasteiger partial charge in [0.05, 0.1) is 29.8 Å². The summed E-state index contributed by atoms with van der Waals surface area (Å²) in [5.41, 5.74) is 2.74. The highest BCUT2D eigenvalue weighted by atomic mass is 19.1. The number of carbonyl (C=O) groups is 2. The number of piperidine rings is 1. The molecule has 0 radical (unpaired) electrons. The molecule has 2 aliphatic rings. The summed E-state index contributed by atoms with van der Waals surface area (Å²) >= 11 is 0. The van der Waals surface area contributed by atoms with Gasteiger partial charge >= 0.3 is 0 Å². The first-order valence-corrected chi connectivity index (χ1v) is 13.3. The van der Waals surface area contributed by atoms with E-state index in [1.165, 1.54) is 11.6 Å². The number of carbonyl (C=O) groups excluding carboxylic acids is 2. The maximum atomic E-state index is 14.8. The van der Waals surface area contributed by atoms with Crippen LogP contribution in [0, 0.1) is 30.0 Å². The minimum atomic E-state index is -0.540. The molecule has 0 saturated carbocycles. The van der Waals surface area contributed by atoms with Crippen molar-refractivity contribution in [2.75, 3.05) is 6.54 Å². The first-order valence-electron chi connectivity index (χ1n) is 13.3. The van der Waals surface area contributed by atoms with E-state index in [1.807, 2.05) is 25.3 Å². The number of likely N-dealkylation sites (tertiary alicyclic amines) is 1. The number of allylic oxidation sites excluding steroid dienone is 2. The van der Waals surface area contributed by atoms with E-state index >= 15 is 0 Å². The standard InChI is InChI=1S/C30H39FN4O2/c1-7-34-18-21(17-32-34)27-22(28(36)33-25-15-9-13-23(20(25)3)30(4,5)6)12-10-16-35(27)29(37)26-19(2)11-8-14-24(26)31/h8-9,11,13-15,17-18,20,22,25,27H,7,10,12,16H2,1-6H3,(H,33,36). The second-order valence-electron chi connectivity index (χ2n) is 11.3. The second-order valence-corrected chi connectivity index (χ2v) is 11.3. The number of rotatable bonds is 5. The molecule has 1 aromatic carbocycles. The van der Waals surface area contributed by atoms with E-state index in [2.05, 4.69) is 44.2 Å². The van der Waals surface area contributed by atoms with Crippen molar-refractivity contribution >= 4 is 11.8 Å². The lowest BCUT2D eigenvalue weighted by molar-refractivity contribution is -0.129. The Kier molecular flexibility index (Phi) is 7.72. The van der Waals surface area contributed by atoms with Gasteiger partial charge in [0.2, 0.25) is 5.91 Å². The molecule has 1 saturated heterocycles. The predicted molar refractivity (Wildman–Crippen MR) is 143 cm³/mol. The van der Waals surface area contributed by atoms with Gasteiger partial charge < -0.3 is 10.2 Å². The molecule has 37 heavy (non-hydrogen) atoms. The number of halogens is 1. The van der Waals surface area contributed by atoms with Crippen LogP contribution in [0.25, 0.3) is 0 Å². The van der Waals surface area contributed by atoms with Crippen molar-refractivity contribution in [3.05, 3.63) is 76.9 Å². The molecule has 2 heterocycles. The SMILES string of the molecule is CCn1cc(C2C(C(=O)NC3C=CC=C(C(C)(C)C)C3C)CCCN2C(=O)c2c(C)cccc2F)cn1. The maximum absolute atomic E-state index is 14.8. The minimum Gasteiger partial charge on any atom is -0.349 e. The topological polar surface area (TPSA) is 67.2 Å². The van der Waals surface area contributed by atoms with Gasteiger partial charge in [-0.05, 0) is 43.7 Å². The van der Waals surface area contributed by atoms with Crippen LogP contribution in [0.5, 0.6) is 0 Å². The van der Waals surface area contributed by atoms with Crippen molar-refractivity contribution in [2.24, 2.45) is 17.3 Å². The number of hydrogen-bond acceptors (Lipinski definition) is 3. The molecular weight excluding hydrogens is 467 g/mol. The minimum absolute atomic E-state index is 0.00387. The van der Waals surface area contributed by atoms with Crippen LogP contribution in [0.2, 0.25) is 0 Å². The lowest BCUT2D eigenvalue weighted by Gasteiger charge is -2.41.